The zero-order valence-electron chi connectivity index (χ0n) is 17.3. The van der Waals surface area contributed by atoms with Gasteiger partial charge in [0.2, 0.25) is 0 Å². The van der Waals surface area contributed by atoms with Crippen molar-refractivity contribution in [1.29, 1.82) is 0 Å². The predicted octanol–water partition coefficient (Wildman–Crippen LogP) is 4.32. The lowest BCUT2D eigenvalue weighted by Crippen LogP contribution is -2.35. The first-order valence-electron chi connectivity index (χ1n) is 10.2. The summed E-state index contributed by atoms with van der Waals surface area (Å²) in [4.78, 5) is 15.3. The summed E-state index contributed by atoms with van der Waals surface area (Å²) in [5.41, 5.74) is 5.11. The third kappa shape index (κ3) is 4.45. The molecule has 4 rings (SSSR count). The number of carbonyl (C=O) groups excluding carboxylic acids is 1. The van der Waals surface area contributed by atoms with Crippen LogP contribution in [0.15, 0.2) is 54.6 Å². The maximum Gasteiger partial charge on any atom is 0.257 e. The minimum atomic E-state index is -0.281. The van der Waals surface area contributed by atoms with E-state index >= 15 is 0 Å². The maximum atomic E-state index is 13.3. The molecule has 0 atom stereocenters. The Morgan fingerprint density at radius 3 is 2.53 bits per heavy atom. The molecule has 2 aromatic carbocycles. The standard InChI is InChI=1S/C24H26FN3O2/c1-17-14-23(18(2)28(17)22-8-6-20(25)7-9-22)24(29)26-21-5-3-4-19(15-21)16-27-10-12-30-13-11-27/h3-9,14-15H,10-13,16H2,1-2H3,(H,26,29). The first-order chi connectivity index (χ1) is 14.5. The number of ether oxygens (including phenoxy) is 1. The number of halogens is 1. The van der Waals surface area contributed by atoms with E-state index in [2.05, 4.69) is 16.3 Å². The Labute approximate surface area is 176 Å². The van der Waals surface area contributed by atoms with Crippen molar-refractivity contribution in [3.05, 3.63) is 82.9 Å². The summed E-state index contributed by atoms with van der Waals surface area (Å²) in [7, 11) is 0. The van der Waals surface area contributed by atoms with Crippen molar-refractivity contribution in [3.63, 3.8) is 0 Å². The molecule has 1 fully saturated rings. The minimum absolute atomic E-state index is 0.153. The fourth-order valence-electron chi connectivity index (χ4n) is 3.94. The van der Waals surface area contributed by atoms with E-state index in [9.17, 15) is 9.18 Å². The van der Waals surface area contributed by atoms with Crippen molar-refractivity contribution in [3.8, 4) is 5.69 Å². The van der Waals surface area contributed by atoms with Crippen LogP contribution < -0.4 is 5.32 Å². The molecule has 0 radical (unpaired) electrons. The summed E-state index contributed by atoms with van der Waals surface area (Å²) in [6.07, 6.45) is 0. The molecule has 0 aliphatic carbocycles. The molecule has 2 heterocycles. The summed E-state index contributed by atoms with van der Waals surface area (Å²) in [5.74, 6) is -0.434. The molecular weight excluding hydrogens is 381 g/mol. The number of morpholine rings is 1. The molecule has 0 spiro atoms. The highest BCUT2D eigenvalue weighted by molar-refractivity contribution is 6.05. The molecule has 156 valence electrons. The highest BCUT2D eigenvalue weighted by Crippen LogP contribution is 2.23. The molecule has 1 saturated heterocycles. The Hall–Kier alpha value is -2.96. The number of aromatic nitrogens is 1. The van der Waals surface area contributed by atoms with Gasteiger partial charge in [-0.05, 0) is 61.9 Å². The Balaban J connectivity index is 1.51. The third-order valence-corrected chi connectivity index (χ3v) is 5.46. The molecule has 0 saturated carbocycles. The zero-order valence-corrected chi connectivity index (χ0v) is 17.3. The highest BCUT2D eigenvalue weighted by Gasteiger charge is 2.17. The average molecular weight is 407 g/mol. The topological polar surface area (TPSA) is 46.5 Å². The molecule has 1 aliphatic heterocycles. The van der Waals surface area contributed by atoms with Crippen molar-refractivity contribution in [2.75, 3.05) is 31.6 Å². The van der Waals surface area contributed by atoms with Crippen LogP contribution in [-0.4, -0.2) is 41.7 Å². The molecule has 0 bridgehead atoms. The second-order valence-corrected chi connectivity index (χ2v) is 7.64. The lowest BCUT2D eigenvalue weighted by molar-refractivity contribution is 0.0342. The highest BCUT2D eigenvalue weighted by atomic mass is 19.1. The second-order valence-electron chi connectivity index (χ2n) is 7.64. The van der Waals surface area contributed by atoms with Gasteiger partial charge in [-0.1, -0.05) is 12.1 Å². The smallest absolute Gasteiger partial charge is 0.257 e. The van der Waals surface area contributed by atoms with Gasteiger partial charge in [0, 0.05) is 42.4 Å². The van der Waals surface area contributed by atoms with E-state index in [0.29, 0.717) is 5.56 Å². The van der Waals surface area contributed by atoms with E-state index in [1.807, 2.05) is 42.7 Å². The van der Waals surface area contributed by atoms with Crippen molar-refractivity contribution in [2.45, 2.75) is 20.4 Å². The summed E-state index contributed by atoms with van der Waals surface area (Å²) in [5, 5.41) is 3.02. The molecule has 1 aliphatic rings. The van der Waals surface area contributed by atoms with Crippen LogP contribution in [0.2, 0.25) is 0 Å². The molecule has 0 unspecified atom stereocenters. The van der Waals surface area contributed by atoms with Crippen molar-refractivity contribution in [1.82, 2.24) is 9.47 Å². The largest absolute Gasteiger partial charge is 0.379 e. The van der Waals surface area contributed by atoms with E-state index in [1.54, 1.807) is 12.1 Å². The fourth-order valence-corrected chi connectivity index (χ4v) is 3.94. The normalized spacial score (nSPS) is 14.6. The molecule has 1 amide bonds. The molecule has 3 aromatic rings. The van der Waals surface area contributed by atoms with E-state index in [1.165, 1.54) is 12.1 Å². The van der Waals surface area contributed by atoms with E-state index < -0.39 is 0 Å². The summed E-state index contributed by atoms with van der Waals surface area (Å²) >= 11 is 0. The molecular formula is C24H26FN3O2. The van der Waals surface area contributed by atoms with Gasteiger partial charge in [-0.2, -0.15) is 0 Å². The third-order valence-electron chi connectivity index (χ3n) is 5.46. The summed E-state index contributed by atoms with van der Waals surface area (Å²) in [6, 6.07) is 16.1. The van der Waals surface area contributed by atoms with Gasteiger partial charge in [0.15, 0.2) is 0 Å². The van der Waals surface area contributed by atoms with Crippen LogP contribution in [0.5, 0.6) is 0 Å². The molecule has 1 aromatic heterocycles. The predicted molar refractivity (Wildman–Crippen MR) is 116 cm³/mol. The molecule has 30 heavy (non-hydrogen) atoms. The van der Waals surface area contributed by atoms with Crippen LogP contribution in [0, 0.1) is 19.7 Å². The van der Waals surface area contributed by atoms with Crippen LogP contribution in [0.3, 0.4) is 0 Å². The number of amides is 1. The van der Waals surface area contributed by atoms with Crippen LogP contribution in [0.25, 0.3) is 5.69 Å². The maximum absolute atomic E-state index is 13.3. The van der Waals surface area contributed by atoms with Gasteiger partial charge in [0.05, 0.1) is 18.8 Å². The van der Waals surface area contributed by atoms with E-state index in [0.717, 1.165) is 61.2 Å². The van der Waals surface area contributed by atoms with Crippen molar-refractivity contribution < 1.29 is 13.9 Å². The molecule has 1 N–H and O–H groups in total. The average Bonchev–Trinajstić information content (AvgIpc) is 3.04. The van der Waals surface area contributed by atoms with Crippen LogP contribution >= 0.6 is 0 Å². The number of aryl methyl sites for hydroxylation is 1. The number of anilines is 1. The SMILES string of the molecule is Cc1cc(C(=O)Nc2cccc(CN3CCOCC3)c2)c(C)n1-c1ccc(F)cc1. The second kappa shape index (κ2) is 8.81. The van der Waals surface area contributed by atoms with Crippen LogP contribution in [-0.2, 0) is 11.3 Å². The first kappa shape index (κ1) is 20.3. The fraction of sp³-hybridized carbons (Fsp3) is 0.292. The van der Waals surface area contributed by atoms with Gasteiger partial charge in [-0.25, -0.2) is 4.39 Å². The van der Waals surface area contributed by atoms with Gasteiger partial charge in [0.1, 0.15) is 5.82 Å². The summed E-state index contributed by atoms with van der Waals surface area (Å²) < 4.78 is 20.6. The van der Waals surface area contributed by atoms with E-state index in [4.69, 9.17) is 4.74 Å². The lowest BCUT2D eigenvalue weighted by atomic mass is 10.1. The van der Waals surface area contributed by atoms with Gasteiger partial charge in [-0.3, -0.25) is 9.69 Å². The molecule has 5 nitrogen and oxygen atoms in total. The number of nitrogens with one attached hydrogen (secondary N) is 1. The summed E-state index contributed by atoms with van der Waals surface area (Å²) in [6.45, 7) is 8.06. The van der Waals surface area contributed by atoms with Crippen LogP contribution in [0.4, 0.5) is 10.1 Å². The van der Waals surface area contributed by atoms with Gasteiger partial charge in [0.25, 0.3) is 5.91 Å². The zero-order chi connectivity index (χ0) is 21.1. The minimum Gasteiger partial charge on any atom is -0.379 e. The molecule has 6 heteroatoms. The number of carbonyl (C=O) groups is 1. The van der Waals surface area contributed by atoms with Gasteiger partial charge >= 0.3 is 0 Å². The monoisotopic (exact) mass is 407 g/mol. The quantitative estimate of drug-likeness (QED) is 0.685. The number of nitrogens with zero attached hydrogens (tertiary/aromatic N) is 2. The van der Waals surface area contributed by atoms with Crippen LogP contribution in [0.1, 0.15) is 27.3 Å². The van der Waals surface area contributed by atoms with Gasteiger partial charge in [-0.15, -0.1) is 0 Å². The number of benzene rings is 2. The number of hydrogen-bond donors (Lipinski definition) is 1. The lowest BCUT2D eigenvalue weighted by Gasteiger charge is -2.26. The Morgan fingerprint density at radius 1 is 1.07 bits per heavy atom. The Bertz CT molecular complexity index is 1040. The number of rotatable bonds is 5. The van der Waals surface area contributed by atoms with Gasteiger partial charge < -0.3 is 14.6 Å². The Kier molecular flexibility index (Phi) is 5.97. The Morgan fingerprint density at radius 2 is 1.80 bits per heavy atom. The van der Waals surface area contributed by atoms with E-state index in [-0.39, 0.29) is 11.7 Å². The van der Waals surface area contributed by atoms with Crippen molar-refractivity contribution in [2.24, 2.45) is 0 Å². The van der Waals surface area contributed by atoms with Crippen molar-refractivity contribution >= 4 is 11.6 Å². The number of hydrogen-bond acceptors (Lipinski definition) is 3. The first-order valence-corrected chi connectivity index (χ1v) is 10.2.